The first-order chi connectivity index (χ1) is 23.4. The van der Waals surface area contributed by atoms with Crippen molar-refractivity contribution in [3.05, 3.63) is 108 Å². The zero-order valence-corrected chi connectivity index (χ0v) is 28.9. The summed E-state index contributed by atoms with van der Waals surface area (Å²) in [6.07, 6.45) is 0.907. The lowest BCUT2D eigenvalue weighted by molar-refractivity contribution is -0.143. The number of benzene rings is 3. The van der Waals surface area contributed by atoms with Crippen LogP contribution in [0.2, 0.25) is 0 Å². The van der Waals surface area contributed by atoms with E-state index in [0.29, 0.717) is 39.4 Å². The van der Waals surface area contributed by atoms with Crippen molar-refractivity contribution in [2.24, 2.45) is 0 Å². The van der Waals surface area contributed by atoms with Gasteiger partial charge in [0.15, 0.2) is 11.7 Å². The summed E-state index contributed by atoms with van der Waals surface area (Å²) in [5, 5.41) is 9.67. The van der Waals surface area contributed by atoms with Crippen molar-refractivity contribution in [3.8, 4) is 0 Å². The molecule has 0 bridgehead atoms. The first kappa shape index (κ1) is 34.8. The van der Waals surface area contributed by atoms with Gasteiger partial charge in [0.2, 0.25) is 0 Å². The van der Waals surface area contributed by atoms with Crippen LogP contribution < -0.4 is 16.0 Å². The fourth-order valence-electron chi connectivity index (χ4n) is 4.77. The number of carbonyl (C=O) groups excluding carboxylic acids is 3. The van der Waals surface area contributed by atoms with Gasteiger partial charge < -0.3 is 20.1 Å². The molecule has 3 N–H and O–H groups in total. The number of hydrogen-bond acceptors (Lipinski definition) is 10. The average Bonchev–Trinajstić information content (AvgIpc) is 3.07. The summed E-state index contributed by atoms with van der Waals surface area (Å²) in [6.45, 7) is 9.54. The third kappa shape index (κ3) is 9.11. The lowest BCUT2D eigenvalue weighted by Gasteiger charge is -2.19. The molecule has 11 nitrogen and oxygen atoms in total. The first-order valence-corrected chi connectivity index (χ1v) is 16.5. The minimum Gasteiger partial charge on any atom is -0.467 e. The van der Waals surface area contributed by atoms with Crippen molar-refractivity contribution in [1.82, 2.24) is 20.3 Å². The van der Waals surface area contributed by atoms with Crippen LogP contribution in [0.3, 0.4) is 0 Å². The zero-order chi connectivity index (χ0) is 35.1. The predicted molar refractivity (Wildman–Crippen MR) is 190 cm³/mol. The summed E-state index contributed by atoms with van der Waals surface area (Å²) in [6, 6.07) is 24.3. The van der Waals surface area contributed by atoms with E-state index in [1.807, 2.05) is 36.4 Å². The van der Waals surface area contributed by atoms with Crippen LogP contribution >= 0.6 is 11.8 Å². The highest BCUT2D eigenvalue weighted by atomic mass is 32.2. The number of esters is 1. The van der Waals surface area contributed by atoms with E-state index in [1.54, 1.807) is 69.3 Å². The quantitative estimate of drug-likeness (QED) is 0.124. The van der Waals surface area contributed by atoms with E-state index in [0.717, 1.165) is 15.5 Å². The number of amides is 2. The Balaban J connectivity index is 1.46. The SMILES string of the molecule is COC(=O)[C@H](NC(=O)c1ccc(Sc2ccc(NC(=O)OC(C)(C)C)cc2)c(Nc2ncnc3nc(C(C)C)ccc23)c1)c1ccccc1. The Bertz CT molecular complexity index is 1960. The second-order valence-corrected chi connectivity index (χ2v) is 13.5. The second-order valence-electron chi connectivity index (χ2n) is 12.4. The number of ether oxygens (including phenoxy) is 2. The van der Waals surface area contributed by atoms with Gasteiger partial charge in [-0.2, -0.15) is 0 Å². The van der Waals surface area contributed by atoms with Gasteiger partial charge in [0, 0.05) is 26.7 Å². The summed E-state index contributed by atoms with van der Waals surface area (Å²) >= 11 is 1.45. The van der Waals surface area contributed by atoms with E-state index in [-0.39, 0.29) is 5.92 Å². The van der Waals surface area contributed by atoms with Crippen LogP contribution in [0.1, 0.15) is 68.2 Å². The molecule has 0 aliphatic carbocycles. The number of rotatable bonds is 10. The smallest absolute Gasteiger partial charge is 0.412 e. The van der Waals surface area contributed by atoms with Crippen molar-refractivity contribution in [2.75, 3.05) is 17.7 Å². The molecule has 12 heteroatoms. The van der Waals surface area contributed by atoms with Gasteiger partial charge in [-0.15, -0.1) is 0 Å². The van der Waals surface area contributed by atoms with Crippen molar-refractivity contribution in [1.29, 1.82) is 0 Å². The maximum absolute atomic E-state index is 13.6. The van der Waals surface area contributed by atoms with Gasteiger partial charge in [-0.05, 0) is 86.8 Å². The number of nitrogens with zero attached hydrogens (tertiary/aromatic N) is 3. The molecule has 0 aliphatic heterocycles. The largest absolute Gasteiger partial charge is 0.467 e. The molecule has 252 valence electrons. The summed E-state index contributed by atoms with van der Waals surface area (Å²) in [5.41, 5.74) is 2.93. The zero-order valence-electron chi connectivity index (χ0n) is 28.1. The van der Waals surface area contributed by atoms with Crippen molar-refractivity contribution in [2.45, 2.75) is 62.0 Å². The number of carbonyl (C=O) groups is 3. The fourth-order valence-corrected chi connectivity index (χ4v) is 5.66. The Hall–Kier alpha value is -5.49. The summed E-state index contributed by atoms with van der Waals surface area (Å²) in [4.78, 5) is 53.8. The van der Waals surface area contributed by atoms with Crippen molar-refractivity contribution >= 4 is 58.0 Å². The highest BCUT2D eigenvalue weighted by molar-refractivity contribution is 7.99. The lowest BCUT2D eigenvalue weighted by atomic mass is 10.1. The summed E-state index contributed by atoms with van der Waals surface area (Å²) < 4.78 is 10.3. The molecule has 5 rings (SSSR count). The Morgan fingerprint density at radius 3 is 2.29 bits per heavy atom. The van der Waals surface area contributed by atoms with Crippen LogP contribution in [0.15, 0.2) is 101 Å². The molecule has 2 amide bonds. The molecule has 49 heavy (non-hydrogen) atoms. The molecule has 0 saturated heterocycles. The van der Waals surface area contributed by atoms with E-state index >= 15 is 0 Å². The number of aromatic nitrogens is 3. The van der Waals surface area contributed by atoms with Crippen LogP contribution in [-0.4, -0.2) is 45.6 Å². The normalized spacial score (nSPS) is 11.9. The number of nitrogens with one attached hydrogen (secondary N) is 3. The van der Waals surface area contributed by atoms with Gasteiger partial charge in [0.1, 0.15) is 17.7 Å². The van der Waals surface area contributed by atoms with Gasteiger partial charge in [-0.3, -0.25) is 10.1 Å². The maximum atomic E-state index is 13.6. The molecule has 0 unspecified atom stereocenters. The van der Waals surface area contributed by atoms with Gasteiger partial charge in [-0.25, -0.2) is 24.5 Å². The van der Waals surface area contributed by atoms with Crippen molar-refractivity contribution in [3.63, 3.8) is 0 Å². The predicted octanol–water partition coefficient (Wildman–Crippen LogP) is 8.03. The highest BCUT2D eigenvalue weighted by Gasteiger charge is 2.25. The molecule has 2 heterocycles. The molecular weight excluding hydrogens is 641 g/mol. The van der Waals surface area contributed by atoms with E-state index in [1.165, 1.54) is 25.2 Å². The fraction of sp³-hybridized carbons (Fsp3) is 0.243. The first-order valence-electron chi connectivity index (χ1n) is 15.6. The van der Waals surface area contributed by atoms with Crippen LogP contribution in [-0.2, 0) is 14.3 Å². The Labute approximate surface area is 289 Å². The minimum atomic E-state index is -0.996. The van der Waals surface area contributed by atoms with Gasteiger partial charge in [-0.1, -0.05) is 55.9 Å². The number of methoxy groups -OCH3 is 1. The second kappa shape index (κ2) is 15.2. The molecule has 1 atom stereocenters. The molecule has 0 spiro atoms. The Kier molecular flexibility index (Phi) is 10.8. The summed E-state index contributed by atoms with van der Waals surface area (Å²) in [5.74, 6) is -0.312. The molecule has 0 fully saturated rings. The highest BCUT2D eigenvalue weighted by Crippen LogP contribution is 2.37. The monoisotopic (exact) mass is 678 g/mol. The van der Waals surface area contributed by atoms with E-state index in [2.05, 4.69) is 39.8 Å². The van der Waals surface area contributed by atoms with Crippen LogP contribution in [0, 0.1) is 0 Å². The van der Waals surface area contributed by atoms with E-state index in [9.17, 15) is 14.4 Å². The Morgan fingerprint density at radius 1 is 0.878 bits per heavy atom. The molecular formula is C37H38N6O5S. The van der Waals surface area contributed by atoms with Gasteiger partial charge in [0.05, 0.1) is 18.2 Å². The average molecular weight is 679 g/mol. The molecule has 5 aromatic rings. The number of hydrogen-bond donors (Lipinski definition) is 3. The lowest BCUT2D eigenvalue weighted by Crippen LogP contribution is -2.34. The molecule has 2 aromatic heterocycles. The van der Waals surface area contributed by atoms with Crippen LogP contribution in [0.4, 0.5) is 22.0 Å². The van der Waals surface area contributed by atoms with Gasteiger partial charge >= 0.3 is 12.1 Å². The number of fused-ring (bicyclic) bond motifs is 1. The number of anilines is 3. The molecule has 0 saturated carbocycles. The minimum absolute atomic E-state index is 0.226. The molecule has 3 aromatic carbocycles. The third-order valence-electron chi connectivity index (χ3n) is 7.18. The topological polar surface area (TPSA) is 144 Å². The molecule has 0 radical (unpaired) electrons. The van der Waals surface area contributed by atoms with E-state index in [4.69, 9.17) is 14.5 Å². The van der Waals surface area contributed by atoms with Crippen LogP contribution in [0.25, 0.3) is 11.0 Å². The summed E-state index contributed by atoms with van der Waals surface area (Å²) in [7, 11) is 1.28. The van der Waals surface area contributed by atoms with Crippen molar-refractivity contribution < 1.29 is 23.9 Å². The number of pyridine rings is 1. The van der Waals surface area contributed by atoms with Gasteiger partial charge in [0.25, 0.3) is 5.91 Å². The van der Waals surface area contributed by atoms with Crippen LogP contribution in [0.5, 0.6) is 0 Å². The molecule has 0 aliphatic rings. The maximum Gasteiger partial charge on any atom is 0.412 e. The van der Waals surface area contributed by atoms with E-state index < -0.39 is 29.6 Å². The standard InChI is InChI=1S/C37H38N6O5S/c1-22(2)28-18-17-27-32(41-28)38-21-39-33(27)42-29-20-24(34(44)43-31(35(45)47-6)23-10-8-7-9-11-23)12-19-30(29)49-26-15-13-25(14-16-26)40-36(46)48-37(3,4)5/h7-22,31H,1-6H3,(H,40,46)(H,43,44)(H,38,39,41,42)/t31-/m1/s1. The third-order valence-corrected chi connectivity index (χ3v) is 8.26. The Morgan fingerprint density at radius 2 is 1.61 bits per heavy atom.